The van der Waals surface area contributed by atoms with Crippen LogP contribution in [0, 0.1) is 17.0 Å². The molecule has 7 heteroatoms. The minimum atomic E-state index is -0.446. The third-order valence-corrected chi connectivity index (χ3v) is 3.73. The molecule has 0 saturated carbocycles. The Labute approximate surface area is 134 Å². The van der Waals surface area contributed by atoms with E-state index in [0.717, 1.165) is 5.56 Å². The van der Waals surface area contributed by atoms with E-state index in [0.29, 0.717) is 11.3 Å². The second-order valence-corrected chi connectivity index (χ2v) is 5.26. The first-order valence-corrected chi connectivity index (χ1v) is 7.09. The number of urea groups is 1. The normalized spacial score (nSPS) is 11.6. The van der Waals surface area contributed by atoms with Crippen LogP contribution in [-0.2, 0) is 0 Å². The number of anilines is 1. The monoisotopic (exact) mass is 314 g/mol. The summed E-state index contributed by atoms with van der Waals surface area (Å²) in [5.74, 6) is 0. The molecule has 0 unspecified atom stereocenters. The number of hydrogen-bond acceptors (Lipinski definition) is 4. The van der Waals surface area contributed by atoms with E-state index in [1.165, 1.54) is 12.1 Å². The predicted molar refractivity (Wildman–Crippen MR) is 87.3 cm³/mol. The number of rotatable bonds is 4. The first-order valence-electron chi connectivity index (χ1n) is 7.09. The quantitative estimate of drug-likeness (QED) is 0.690. The number of nitro groups is 1. The highest BCUT2D eigenvalue weighted by Crippen LogP contribution is 2.23. The predicted octanol–water partition coefficient (Wildman–Crippen LogP) is 3.52. The van der Waals surface area contributed by atoms with E-state index in [1.54, 1.807) is 37.3 Å². The lowest BCUT2D eigenvalue weighted by Gasteiger charge is -2.25. The highest BCUT2D eigenvalue weighted by atomic mass is 16.6. The van der Waals surface area contributed by atoms with Crippen molar-refractivity contribution in [3.05, 3.63) is 64.0 Å². The fourth-order valence-corrected chi connectivity index (χ4v) is 2.19. The molecule has 1 atom stereocenters. The Bertz CT molecular complexity index is 719. The fourth-order valence-electron chi connectivity index (χ4n) is 2.19. The molecule has 7 nitrogen and oxygen atoms in total. The van der Waals surface area contributed by atoms with Crippen LogP contribution in [0.2, 0.25) is 0 Å². The van der Waals surface area contributed by atoms with Crippen molar-refractivity contribution in [2.24, 2.45) is 0 Å². The molecule has 23 heavy (non-hydrogen) atoms. The lowest BCUT2D eigenvalue weighted by atomic mass is 10.1. The van der Waals surface area contributed by atoms with Crippen LogP contribution in [0.25, 0.3) is 0 Å². The fraction of sp³-hybridized carbons (Fsp3) is 0.250. The van der Waals surface area contributed by atoms with E-state index in [4.69, 9.17) is 0 Å². The number of benzene rings is 1. The smallest absolute Gasteiger partial charge is 0.321 e. The number of pyridine rings is 1. The van der Waals surface area contributed by atoms with Gasteiger partial charge in [0.15, 0.2) is 0 Å². The van der Waals surface area contributed by atoms with Gasteiger partial charge in [0.25, 0.3) is 5.69 Å². The van der Waals surface area contributed by atoms with Crippen molar-refractivity contribution < 1.29 is 9.72 Å². The highest BCUT2D eigenvalue weighted by molar-refractivity contribution is 5.89. The number of aromatic nitrogens is 1. The van der Waals surface area contributed by atoms with Crippen LogP contribution in [0.5, 0.6) is 0 Å². The van der Waals surface area contributed by atoms with Gasteiger partial charge in [-0.3, -0.25) is 15.1 Å². The first kappa shape index (κ1) is 16.4. The summed E-state index contributed by atoms with van der Waals surface area (Å²) >= 11 is 0. The van der Waals surface area contributed by atoms with Gasteiger partial charge in [-0.25, -0.2) is 4.79 Å². The molecule has 0 aliphatic carbocycles. The summed E-state index contributed by atoms with van der Waals surface area (Å²) in [5, 5.41) is 13.6. The van der Waals surface area contributed by atoms with Gasteiger partial charge < -0.3 is 10.2 Å². The number of nitrogens with zero attached hydrogens (tertiary/aromatic N) is 3. The molecule has 0 radical (unpaired) electrons. The average molecular weight is 314 g/mol. The maximum Gasteiger partial charge on any atom is 0.322 e. The summed E-state index contributed by atoms with van der Waals surface area (Å²) in [7, 11) is 1.69. The van der Waals surface area contributed by atoms with Gasteiger partial charge in [0.1, 0.15) is 0 Å². The number of carbonyl (C=O) groups is 1. The van der Waals surface area contributed by atoms with Crippen molar-refractivity contribution in [1.29, 1.82) is 0 Å². The zero-order valence-electron chi connectivity index (χ0n) is 13.2. The lowest BCUT2D eigenvalue weighted by molar-refractivity contribution is -0.385. The number of carbonyl (C=O) groups excluding carboxylic acids is 1. The minimum Gasteiger partial charge on any atom is -0.321 e. The Kier molecular flexibility index (Phi) is 4.90. The van der Waals surface area contributed by atoms with Gasteiger partial charge in [0, 0.05) is 36.8 Å². The van der Waals surface area contributed by atoms with E-state index in [9.17, 15) is 14.9 Å². The Morgan fingerprint density at radius 1 is 1.30 bits per heavy atom. The molecule has 0 saturated heterocycles. The van der Waals surface area contributed by atoms with Crippen LogP contribution in [0.1, 0.15) is 24.1 Å². The molecule has 2 aromatic rings. The van der Waals surface area contributed by atoms with E-state index < -0.39 is 4.92 Å². The standard InChI is InChI=1S/C16H18N4O3/c1-11-10-14(4-5-15(11)20(22)23)18-16(21)19(3)12(2)13-6-8-17-9-7-13/h4-10,12H,1-3H3,(H,18,21)/t12-/m1/s1. The van der Waals surface area contributed by atoms with Crippen molar-refractivity contribution in [3.63, 3.8) is 0 Å². The number of nitrogens with one attached hydrogen (secondary N) is 1. The largest absolute Gasteiger partial charge is 0.322 e. The summed E-state index contributed by atoms with van der Waals surface area (Å²) in [5.41, 5.74) is 2.02. The van der Waals surface area contributed by atoms with Crippen LogP contribution in [0.15, 0.2) is 42.7 Å². The molecule has 0 spiro atoms. The van der Waals surface area contributed by atoms with Gasteiger partial charge in [-0.1, -0.05) is 0 Å². The zero-order valence-corrected chi connectivity index (χ0v) is 13.2. The summed E-state index contributed by atoms with van der Waals surface area (Å²) in [6, 6.07) is 7.78. The first-order chi connectivity index (χ1) is 10.9. The molecular formula is C16H18N4O3. The number of hydrogen-bond donors (Lipinski definition) is 1. The summed E-state index contributed by atoms with van der Waals surface area (Å²) in [4.78, 5) is 28.2. The molecule has 120 valence electrons. The van der Waals surface area contributed by atoms with Crippen LogP contribution in [0.3, 0.4) is 0 Å². The van der Waals surface area contributed by atoms with Crippen LogP contribution < -0.4 is 5.32 Å². The lowest BCUT2D eigenvalue weighted by Crippen LogP contribution is -2.33. The number of amides is 2. The van der Waals surface area contributed by atoms with Gasteiger partial charge >= 0.3 is 6.03 Å². The summed E-state index contributed by atoms with van der Waals surface area (Å²) in [6.07, 6.45) is 3.36. The van der Waals surface area contributed by atoms with Crippen molar-refractivity contribution >= 4 is 17.4 Å². The second-order valence-electron chi connectivity index (χ2n) is 5.26. The van der Waals surface area contributed by atoms with Crippen LogP contribution >= 0.6 is 0 Å². The Morgan fingerprint density at radius 3 is 2.52 bits per heavy atom. The maximum atomic E-state index is 12.3. The molecule has 0 aliphatic rings. The zero-order chi connectivity index (χ0) is 17.0. The molecule has 0 fully saturated rings. The van der Waals surface area contributed by atoms with Gasteiger partial charge in [-0.05, 0) is 43.7 Å². The van der Waals surface area contributed by atoms with E-state index in [1.807, 2.05) is 19.1 Å². The van der Waals surface area contributed by atoms with Crippen molar-refractivity contribution in [1.82, 2.24) is 9.88 Å². The van der Waals surface area contributed by atoms with Gasteiger partial charge in [0.2, 0.25) is 0 Å². The Balaban J connectivity index is 2.09. The maximum absolute atomic E-state index is 12.3. The third kappa shape index (κ3) is 3.82. The minimum absolute atomic E-state index is 0.0292. The molecule has 0 aliphatic heterocycles. The molecule has 1 heterocycles. The summed E-state index contributed by atoms with van der Waals surface area (Å²) in [6.45, 7) is 3.55. The number of nitro benzene ring substituents is 1. The highest BCUT2D eigenvalue weighted by Gasteiger charge is 2.18. The molecule has 1 aromatic carbocycles. The average Bonchev–Trinajstić information content (AvgIpc) is 2.54. The number of aryl methyl sites for hydroxylation is 1. The van der Waals surface area contributed by atoms with E-state index in [-0.39, 0.29) is 17.8 Å². The van der Waals surface area contributed by atoms with E-state index >= 15 is 0 Å². The molecular weight excluding hydrogens is 296 g/mol. The molecule has 0 bridgehead atoms. The van der Waals surface area contributed by atoms with Crippen molar-refractivity contribution in [3.8, 4) is 0 Å². The van der Waals surface area contributed by atoms with Gasteiger partial charge in [-0.15, -0.1) is 0 Å². The topological polar surface area (TPSA) is 88.4 Å². The molecule has 1 aromatic heterocycles. The third-order valence-electron chi connectivity index (χ3n) is 3.73. The SMILES string of the molecule is Cc1cc(NC(=O)N(C)[C@H](C)c2ccncc2)ccc1[N+](=O)[O-]. The summed E-state index contributed by atoms with van der Waals surface area (Å²) < 4.78 is 0. The molecule has 1 N–H and O–H groups in total. The van der Waals surface area contributed by atoms with Crippen LogP contribution in [-0.4, -0.2) is 27.9 Å². The Morgan fingerprint density at radius 2 is 1.96 bits per heavy atom. The van der Waals surface area contributed by atoms with Crippen molar-refractivity contribution in [2.45, 2.75) is 19.9 Å². The van der Waals surface area contributed by atoms with Gasteiger partial charge in [-0.2, -0.15) is 0 Å². The molecule has 2 amide bonds. The second kappa shape index (κ2) is 6.87. The molecule has 2 rings (SSSR count). The van der Waals surface area contributed by atoms with Crippen LogP contribution in [0.4, 0.5) is 16.2 Å². The van der Waals surface area contributed by atoms with Crippen molar-refractivity contribution in [2.75, 3.05) is 12.4 Å². The van der Waals surface area contributed by atoms with E-state index in [2.05, 4.69) is 10.3 Å². The van der Waals surface area contributed by atoms with Gasteiger partial charge in [0.05, 0.1) is 11.0 Å². The Hall–Kier alpha value is -2.96.